The van der Waals surface area contributed by atoms with E-state index < -0.39 is 5.79 Å². The lowest BCUT2D eigenvalue weighted by atomic mass is 10.2. The predicted molar refractivity (Wildman–Crippen MR) is 109 cm³/mol. The molecule has 2 aromatic carbocycles. The van der Waals surface area contributed by atoms with E-state index in [1.807, 2.05) is 53.9 Å². The first-order chi connectivity index (χ1) is 13.7. The van der Waals surface area contributed by atoms with Gasteiger partial charge in [0.2, 0.25) is 5.91 Å². The standard InChI is InChI=1S/C22H20N2O3S/c25-20(13-17-14-28-21(24-17)15-6-2-1-3-7-15)23-16-8-9-18-19(12-16)27-22(26-18)10-4-5-11-22/h1-3,6-9,12,14H,4-5,10-11,13H2,(H,23,25). The first kappa shape index (κ1) is 17.3. The second-order valence-electron chi connectivity index (χ2n) is 7.22. The molecular weight excluding hydrogens is 372 g/mol. The Bertz CT molecular complexity index is 1010. The van der Waals surface area contributed by atoms with E-state index >= 15 is 0 Å². The molecule has 2 aliphatic rings. The smallest absolute Gasteiger partial charge is 0.251 e. The van der Waals surface area contributed by atoms with Gasteiger partial charge in [-0.15, -0.1) is 11.3 Å². The molecule has 0 atom stereocenters. The van der Waals surface area contributed by atoms with Crippen LogP contribution in [0.3, 0.4) is 0 Å². The Balaban J connectivity index is 1.24. The summed E-state index contributed by atoms with van der Waals surface area (Å²) < 4.78 is 12.1. The first-order valence-corrected chi connectivity index (χ1v) is 10.4. The van der Waals surface area contributed by atoms with E-state index in [4.69, 9.17) is 9.47 Å². The maximum absolute atomic E-state index is 12.5. The van der Waals surface area contributed by atoms with Crippen molar-refractivity contribution in [2.45, 2.75) is 37.9 Å². The number of rotatable bonds is 4. The number of carbonyl (C=O) groups excluding carboxylic acids is 1. The maximum Gasteiger partial charge on any atom is 0.251 e. The summed E-state index contributed by atoms with van der Waals surface area (Å²) in [5.41, 5.74) is 2.55. The Hall–Kier alpha value is -2.86. The van der Waals surface area contributed by atoms with Crippen molar-refractivity contribution < 1.29 is 14.3 Å². The normalized spacial score (nSPS) is 16.4. The highest BCUT2D eigenvalue weighted by atomic mass is 32.1. The number of aromatic nitrogens is 1. The highest BCUT2D eigenvalue weighted by Gasteiger charge is 2.44. The van der Waals surface area contributed by atoms with E-state index in [0.717, 1.165) is 47.7 Å². The van der Waals surface area contributed by atoms with Crippen LogP contribution < -0.4 is 14.8 Å². The summed E-state index contributed by atoms with van der Waals surface area (Å²) in [5.74, 6) is 0.880. The van der Waals surface area contributed by atoms with Crippen molar-refractivity contribution in [1.29, 1.82) is 0 Å². The topological polar surface area (TPSA) is 60.5 Å². The summed E-state index contributed by atoms with van der Waals surface area (Å²) in [6.45, 7) is 0. The molecule has 2 heterocycles. The number of amides is 1. The van der Waals surface area contributed by atoms with Crippen molar-refractivity contribution in [2.75, 3.05) is 5.32 Å². The molecule has 1 fully saturated rings. The number of benzene rings is 2. The molecule has 1 N–H and O–H groups in total. The summed E-state index contributed by atoms with van der Waals surface area (Å²) in [5, 5.41) is 5.80. The van der Waals surface area contributed by atoms with Gasteiger partial charge in [-0.05, 0) is 25.0 Å². The molecule has 1 spiro atoms. The van der Waals surface area contributed by atoms with E-state index in [0.29, 0.717) is 11.4 Å². The van der Waals surface area contributed by atoms with Gasteiger partial charge < -0.3 is 14.8 Å². The second kappa shape index (κ2) is 6.95. The Kier molecular flexibility index (Phi) is 4.28. The zero-order valence-corrected chi connectivity index (χ0v) is 16.1. The van der Waals surface area contributed by atoms with Gasteiger partial charge in [-0.2, -0.15) is 0 Å². The minimum absolute atomic E-state index is 0.0978. The summed E-state index contributed by atoms with van der Waals surface area (Å²) >= 11 is 1.55. The summed E-state index contributed by atoms with van der Waals surface area (Å²) in [6.07, 6.45) is 4.31. The van der Waals surface area contributed by atoms with Crippen molar-refractivity contribution in [2.24, 2.45) is 0 Å². The number of hydrogen-bond donors (Lipinski definition) is 1. The van der Waals surface area contributed by atoms with Gasteiger partial charge in [0.25, 0.3) is 5.79 Å². The number of nitrogens with zero attached hydrogens (tertiary/aromatic N) is 1. The third-order valence-corrected chi connectivity index (χ3v) is 6.04. The largest absolute Gasteiger partial charge is 0.448 e. The Labute approximate surface area is 167 Å². The van der Waals surface area contributed by atoms with E-state index in [-0.39, 0.29) is 12.3 Å². The van der Waals surface area contributed by atoms with Gasteiger partial charge in [0.05, 0.1) is 12.1 Å². The van der Waals surface area contributed by atoms with Crippen LogP contribution in [0.15, 0.2) is 53.9 Å². The molecule has 0 unspecified atom stereocenters. The lowest BCUT2D eigenvalue weighted by Gasteiger charge is -2.21. The van der Waals surface area contributed by atoms with Gasteiger partial charge in [0.15, 0.2) is 11.5 Å². The van der Waals surface area contributed by atoms with Crippen molar-refractivity contribution in [1.82, 2.24) is 4.98 Å². The number of hydrogen-bond acceptors (Lipinski definition) is 5. The Morgan fingerprint density at radius 3 is 2.68 bits per heavy atom. The number of thiazole rings is 1. The van der Waals surface area contributed by atoms with Gasteiger partial charge >= 0.3 is 0 Å². The summed E-state index contributed by atoms with van der Waals surface area (Å²) in [6, 6.07) is 15.6. The minimum Gasteiger partial charge on any atom is -0.448 e. The van der Waals surface area contributed by atoms with E-state index in [1.165, 1.54) is 0 Å². The molecule has 3 aromatic rings. The van der Waals surface area contributed by atoms with Crippen molar-refractivity contribution >= 4 is 22.9 Å². The molecule has 1 saturated carbocycles. The van der Waals surface area contributed by atoms with Crippen molar-refractivity contribution in [3.05, 3.63) is 59.6 Å². The van der Waals surface area contributed by atoms with Gasteiger partial charge in [0, 0.05) is 35.5 Å². The lowest BCUT2D eigenvalue weighted by molar-refractivity contribution is -0.115. The van der Waals surface area contributed by atoms with Crippen LogP contribution in [0.2, 0.25) is 0 Å². The number of anilines is 1. The quantitative estimate of drug-likeness (QED) is 0.676. The number of fused-ring (bicyclic) bond motifs is 1. The monoisotopic (exact) mass is 392 g/mol. The van der Waals surface area contributed by atoms with Crippen LogP contribution in [-0.2, 0) is 11.2 Å². The van der Waals surface area contributed by atoms with Crippen LogP contribution in [-0.4, -0.2) is 16.7 Å². The van der Waals surface area contributed by atoms with Crippen LogP contribution in [0.25, 0.3) is 10.6 Å². The lowest BCUT2D eigenvalue weighted by Crippen LogP contribution is -2.34. The summed E-state index contributed by atoms with van der Waals surface area (Å²) in [7, 11) is 0. The molecule has 5 rings (SSSR count). The van der Waals surface area contributed by atoms with Gasteiger partial charge in [-0.3, -0.25) is 4.79 Å². The number of carbonyl (C=O) groups is 1. The Morgan fingerprint density at radius 1 is 1.07 bits per heavy atom. The van der Waals surface area contributed by atoms with Gasteiger partial charge in [-0.25, -0.2) is 4.98 Å². The SMILES string of the molecule is O=C(Cc1csc(-c2ccccc2)n1)Nc1ccc2c(c1)OC1(CCCC1)O2. The highest BCUT2D eigenvalue weighted by molar-refractivity contribution is 7.13. The van der Waals surface area contributed by atoms with Crippen LogP contribution in [0.5, 0.6) is 11.5 Å². The van der Waals surface area contributed by atoms with Crippen LogP contribution in [0.4, 0.5) is 5.69 Å². The average molecular weight is 392 g/mol. The van der Waals surface area contributed by atoms with E-state index in [2.05, 4.69) is 10.3 Å². The maximum atomic E-state index is 12.5. The molecule has 1 aromatic heterocycles. The van der Waals surface area contributed by atoms with Crippen LogP contribution in [0, 0.1) is 0 Å². The molecular formula is C22H20N2O3S. The third kappa shape index (κ3) is 3.36. The zero-order chi connectivity index (χ0) is 19.0. The van der Waals surface area contributed by atoms with Crippen LogP contribution >= 0.6 is 11.3 Å². The molecule has 142 valence electrons. The Morgan fingerprint density at radius 2 is 1.86 bits per heavy atom. The second-order valence-corrected chi connectivity index (χ2v) is 8.08. The minimum atomic E-state index is -0.487. The molecule has 6 heteroatoms. The summed E-state index contributed by atoms with van der Waals surface area (Å²) in [4.78, 5) is 17.0. The fraction of sp³-hybridized carbons (Fsp3) is 0.273. The molecule has 5 nitrogen and oxygen atoms in total. The van der Waals surface area contributed by atoms with Crippen molar-refractivity contribution in [3.63, 3.8) is 0 Å². The fourth-order valence-corrected chi connectivity index (χ4v) is 4.59. The number of ether oxygens (including phenoxy) is 2. The first-order valence-electron chi connectivity index (χ1n) is 9.51. The molecule has 0 saturated heterocycles. The highest BCUT2D eigenvalue weighted by Crippen LogP contribution is 2.47. The van der Waals surface area contributed by atoms with Crippen molar-refractivity contribution in [3.8, 4) is 22.1 Å². The predicted octanol–water partition coefficient (Wildman–Crippen LogP) is 5.03. The molecule has 1 aliphatic carbocycles. The molecule has 1 aliphatic heterocycles. The molecule has 28 heavy (non-hydrogen) atoms. The van der Waals surface area contributed by atoms with E-state index in [1.54, 1.807) is 11.3 Å². The fourth-order valence-electron chi connectivity index (χ4n) is 3.76. The van der Waals surface area contributed by atoms with Crippen LogP contribution in [0.1, 0.15) is 31.4 Å². The van der Waals surface area contributed by atoms with E-state index in [9.17, 15) is 4.79 Å². The average Bonchev–Trinajstić information content (AvgIpc) is 3.42. The third-order valence-electron chi connectivity index (χ3n) is 5.10. The molecule has 0 bridgehead atoms. The van der Waals surface area contributed by atoms with Gasteiger partial charge in [-0.1, -0.05) is 30.3 Å². The molecule has 0 radical (unpaired) electrons. The zero-order valence-electron chi connectivity index (χ0n) is 15.3. The van der Waals surface area contributed by atoms with Gasteiger partial charge in [0.1, 0.15) is 5.01 Å². The molecule has 1 amide bonds. The number of nitrogens with one attached hydrogen (secondary N) is 1.